The Morgan fingerprint density at radius 2 is 1.90 bits per heavy atom. The molecule has 5 rings (SSSR count). The van der Waals surface area contributed by atoms with E-state index >= 15 is 0 Å². The van der Waals surface area contributed by atoms with Gasteiger partial charge in [0.05, 0.1) is 26.0 Å². The maximum absolute atomic E-state index is 10.5. The van der Waals surface area contributed by atoms with Gasteiger partial charge in [-0.2, -0.15) is 5.10 Å². The molecule has 0 amide bonds. The minimum Gasteiger partial charge on any atom is -0.507 e. The predicted molar refractivity (Wildman–Crippen MR) is 111 cm³/mol. The molecule has 0 spiro atoms. The molecule has 3 aromatic rings. The number of pyridine rings is 1. The maximum Gasteiger partial charge on any atom is 0.214 e. The van der Waals surface area contributed by atoms with Crippen LogP contribution in [0.15, 0.2) is 66.0 Å². The number of benzene rings is 2. The molecule has 0 radical (unpaired) electrons. The lowest BCUT2D eigenvalue weighted by atomic mass is 9.95. The normalized spacial score (nSPS) is 19.4. The summed E-state index contributed by atoms with van der Waals surface area (Å²) in [7, 11) is 3.24. The van der Waals surface area contributed by atoms with Crippen LogP contribution >= 0.6 is 0 Å². The third-order valence-electron chi connectivity index (χ3n) is 5.51. The molecule has 152 valence electrons. The molecule has 2 aromatic carbocycles. The molecule has 1 N–H and O–H groups in total. The van der Waals surface area contributed by atoms with E-state index < -0.39 is 6.23 Å². The monoisotopic (exact) mass is 403 g/mol. The number of aromatic hydroxyl groups is 1. The highest BCUT2D eigenvalue weighted by molar-refractivity contribution is 6.04. The highest BCUT2D eigenvalue weighted by Gasteiger charge is 2.42. The molecule has 0 saturated carbocycles. The lowest BCUT2D eigenvalue weighted by molar-refractivity contribution is -0.0209. The van der Waals surface area contributed by atoms with Crippen molar-refractivity contribution in [3.63, 3.8) is 0 Å². The average Bonchev–Trinajstić information content (AvgIpc) is 3.24. The lowest BCUT2D eigenvalue weighted by Gasteiger charge is -2.38. The van der Waals surface area contributed by atoms with E-state index in [-0.39, 0.29) is 11.8 Å². The van der Waals surface area contributed by atoms with E-state index in [0.717, 1.165) is 22.6 Å². The number of hydrogen-bond donors (Lipinski definition) is 1. The average molecular weight is 403 g/mol. The Hall–Kier alpha value is -3.74. The quantitative estimate of drug-likeness (QED) is 0.708. The van der Waals surface area contributed by atoms with Crippen LogP contribution in [-0.4, -0.2) is 35.0 Å². The van der Waals surface area contributed by atoms with Crippen molar-refractivity contribution >= 4 is 5.71 Å². The van der Waals surface area contributed by atoms with Crippen LogP contribution in [0, 0.1) is 0 Å². The molecule has 0 bridgehead atoms. The molecule has 0 unspecified atom stereocenters. The minimum absolute atomic E-state index is 0.0531. The van der Waals surface area contributed by atoms with E-state index in [1.54, 1.807) is 44.8 Å². The van der Waals surface area contributed by atoms with Gasteiger partial charge in [-0.05, 0) is 36.4 Å². The van der Waals surface area contributed by atoms with Crippen molar-refractivity contribution in [3.8, 4) is 23.0 Å². The number of rotatable bonds is 4. The summed E-state index contributed by atoms with van der Waals surface area (Å²) in [4.78, 5) is 4.12. The zero-order chi connectivity index (χ0) is 20.7. The van der Waals surface area contributed by atoms with E-state index in [4.69, 9.17) is 19.3 Å². The summed E-state index contributed by atoms with van der Waals surface area (Å²) in [6, 6.07) is 14.8. The number of methoxy groups -OCH3 is 2. The number of fused-ring (bicyclic) bond motifs is 3. The summed E-state index contributed by atoms with van der Waals surface area (Å²) in [5.74, 6) is 2.24. The Bertz CT molecular complexity index is 1120. The third kappa shape index (κ3) is 2.90. The van der Waals surface area contributed by atoms with Gasteiger partial charge < -0.3 is 19.3 Å². The smallest absolute Gasteiger partial charge is 0.214 e. The zero-order valence-electron chi connectivity index (χ0n) is 16.6. The predicted octanol–water partition coefficient (Wildman–Crippen LogP) is 4.05. The number of phenolic OH excluding ortho intramolecular Hbond substituents is 1. The van der Waals surface area contributed by atoms with Crippen LogP contribution in [0.25, 0.3) is 0 Å². The van der Waals surface area contributed by atoms with Crippen LogP contribution in [0.5, 0.6) is 23.0 Å². The first-order chi connectivity index (χ1) is 14.7. The molecule has 2 aliphatic rings. The standard InChI is InChI=1S/C23H21N3O4/c1-28-15-6-7-20(27)17(12-15)18-13-19-16-4-3-5-21(29-2)22(16)30-23(26(19)25-18)14-8-10-24-11-9-14/h3-12,19,23,27H,13H2,1-2H3/t19-,23+/m1/s1. The summed E-state index contributed by atoms with van der Waals surface area (Å²) in [5, 5.41) is 17.3. The van der Waals surface area contributed by atoms with E-state index in [2.05, 4.69) is 4.98 Å². The van der Waals surface area contributed by atoms with E-state index in [9.17, 15) is 5.11 Å². The van der Waals surface area contributed by atoms with Crippen LogP contribution in [0.4, 0.5) is 0 Å². The number of aromatic nitrogens is 1. The first-order valence-electron chi connectivity index (χ1n) is 9.66. The molecular weight excluding hydrogens is 382 g/mol. The first kappa shape index (κ1) is 18.3. The minimum atomic E-state index is -0.438. The number of hydrogen-bond acceptors (Lipinski definition) is 7. The van der Waals surface area contributed by atoms with E-state index in [1.165, 1.54) is 0 Å². The molecule has 0 fully saturated rings. The Balaban J connectivity index is 1.63. The van der Waals surface area contributed by atoms with Gasteiger partial charge in [-0.1, -0.05) is 12.1 Å². The molecule has 2 atom stereocenters. The second-order valence-electron chi connectivity index (χ2n) is 7.16. The maximum atomic E-state index is 10.5. The summed E-state index contributed by atoms with van der Waals surface area (Å²) in [6.45, 7) is 0. The number of ether oxygens (including phenoxy) is 3. The summed E-state index contributed by atoms with van der Waals surface area (Å²) >= 11 is 0. The van der Waals surface area contributed by atoms with Crippen LogP contribution in [-0.2, 0) is 0 Å². The van der Waals surface area contributed by atoms with Gasteiger partial charge in [0.15, 0.2) is 11.5 Å². The second-order valence-corrected chi connectivity index (χ2v) is 7.16. The van der Waals surface area contributed by atoms with Crippen LogP contribution < -0.4 is 14.2 Å². The van der Waals surface area contributed by atoms with Gasteiger partial charge in [-0.15, -0.1) is 0 Å². The third-order valence-corrected chi connectivity index (χ3v) is 5.51. The fourth-order valence-electron chi connectivity index (χ4n) is 4.03. The van der Waals surface area contributed by atoms with Crippen LogP contribution in [0.2, 0.25) is 0 Å². The summed E-state index contributed by atoms with van der Waals surface area (Å²) in [5.41, 5.74) is 3.36. The number of hydrazone groups is 1. The molecule has 7 nitrogen and oxygen atoms in total. The molecule has 30 heavy (non-hydrogen) atoms. The fraction of sp³-hybridized carbons (Fsp3) is 0.217. The molecule has 2 aliphatic heterocycles. The van der Waals surface area contributed by atoms with Crippen molar-refractivity contribution in [2.75, 3.05) is 14.2 Å². The highest BCUT2D eigenvalue weighted by atomic mass is 16.5. The van der Waals surface area contributed by atoms with Gasteiger partial charge in [0.2, 0.25) is 6.23 Å². The second kappa shape index (κ2) is 7.26. The van der Waals surface area contributed by atoms with Crippen molar-refractivity contribution in [2.24, 2.45) is 5.10 Å². The van der Waals surface area contributed by atoms with Crippen molar-refractivity contribution in [3.05, 3.63) is 77.6 Å². The largest absolute Gasteiger partial charge is 0.507 e. The first-order valence-corrected chi connectivity index (χ1v) is 9.66. The molecule has 7 heteroatoms. The van der Waals surface area contributed by atoms with Gasteiger partial charge in [0, 0.05) is 35.5 Å². The summed E-state index contributed by atoms with van der Waals surface area (Å²) in [6.07, 6.45) is 3.65. The van der Waals surface area contributed by atoms with Crippen molar-refractivity contribution in [2.45, 2.75) is 18.7 Å². The Morgan fingerprint density at radius 3 is 2.67 bits per heavy atom. The fourth-order valence-corrected chi connectivity index (χ4v) is 4.03. The van der Waals surface area contributed by atoms with Gasteiger partial charge in [0.25, 0.3) is 0 Å². The van der Waals surface area contributed by atoms with Crippen molar-refractivity contribution < 1.29 is 19.3 Å². The van der Waals surface area contributed by atoms with Gasteiger partial charge in [-0.25, -0.2) is 5.01 Å². The number of nitrogens with zero attached hydrogens (tertiary/aromatic N) is 3. The van der Waals surface area contributed by atoms with E-state index in [0.29, 0.717) is 23.5 Å². The molecule has 0 aliphatic carbocycles. The van der Waals surface area contributed by atoms with Crippen molar-refractivity contribution in [1.82, 2.24) is 9.99 Å². The lowest BCUT2D eigenvalue weighted by Crippen LogP contribution is -2.33. The topological polar surface area (TPSA) is 76.4 Å². The van der Waals surface area contributed by atoms with Crippen LogP contribution in [0.1, 0.15) is 35.4 Å². The summed E-state index contributed by atoms with van der Waals surface area (Å²) < 4.78 is 17.3. The zero-order valence-corrected chi connectivity index (χ0v) is 16.6. The Labute approximate surface area is 174 Å². The van der Waals surface area contributed by atoms with Crippen LogP contribution in [0.3, 0.4) is 0 Å². The SMILES string of the molecule is COc1ccc(O)c(C2=NN3[C@H](C2)c2cccc(OC)c2O[C@H]3c2ccncc2)c1. The highest BCUT2D eigenvalue weighted by Crippen LogP contribution is 2.51. The van der Waals surface area contributed by atoms with E-state index in [1.807, 2.05) is 35.3 Å². The molecule has 1 aromatic heterocycles. The van der Waals surface area contributed by atoms with Crippen molar-refractivity contribution in [1.29, 1.82) is 0 Å². The number of para-hydroxylation sites is 1. The number of phenols is 1. The Morgan fingerprint density at radius 1 is 1.07 bits per heavy atom. The van der Waals surface area contributed by atoms with Gasteiger partial charge in [-0.3, -0.25) is 4.98 Å². The van der Waals surface area contributed by atoms with Gasteiger partial charge >= 0.3 is 0 Å². The molecule has 0 saturated heterocycles. The molecule has 3 heterocycles. The molecular formula is C23H21N3O4. The van der Waals surface area contributed by atoms with Gasteiger partial charge in [0.1, 0.15) is 11.5 Å². The Kier molecular flexibility index (Phi) is 4.43.